The summed E-state index contributed by atoms with van der Waals surface area (Å²) in [4.78, 5) is 0. The topological polar surface area (TPSA) is 134 Å². The largest absolute Gasteiger partial charge is 0.504 e. The first kappa shape index (κ1) is 24.1. The molecule has 0 aliphatic heterocycles. The Bertz CT molecular complexity index is 1160. The third-order valence-electron chi connectivity index (χ3n) is 4.94. The van der Waals surface area contributed by atoms with Gasteiger partial charge in [0.2, 0.25) is 11.6 Å². The zero-order chi connectivity index (χ0) is 23.7. The minimum atomic E-state index is -3.80. The Hall–Kier alpha value is -2.57. The summed E-state index contributed by atoms with van der Waals surface area (Å²) < 4.78 is 37.3. The molecule has 3 heterocycles. The van der Waals surface area contributed by atoms with Crippen LogP contribution >= 0.6 is 11.3 Å². The van der Waals surface area contributed by atoms with Gasteiger partial charge in [0.25, 0.3) is 10.0 Å². The summed E-state index contributed by atoms with van der Waals surface area (Å²) in [5.41, 5.74) is 0.953. The summed E-state index contributed by atoms with van der Waals surface area (Å²) in [7, 11) is -3.80. The zero-order valence-corrected chi connectivity index (χ0v) is 20.6. The van der Waals surface area contributed by atoms with E-state index in [-0.39, 0.29) is 32.9 Å². The van der Waals surface area contributed by atoms with Crippen LogP contribution in [0.5, 0.6) is 5.75 Å². The number of sulfonamides is 1. The molecule has 0 radical (unpaired) electrons. The Morgan fingerprint density at radius 1 is 1.22 bits per heavy atom. The molecule has 0 unspecified atom stereocenters. The smallest absolute Gasteiger partial charge is 0.256 e. The molecule has 0 saturated heterocycles. The predicted molar refractivity (Wildman–Crippen MR) is 123 cm³/mol. The van der Waals surface area contributed by atoms with Gasteiger partial charge in [0.15, 0.2) is 9.96 Å². The van der Waals surface area contributed by atoms with Gasteiger partial charge in [-0.3, -0.25) is 0 Å². The molecule has 0 aliphatic carbocycles. The molecule has 1 atom stereocenters. The zero-order valence-electron chi connectivity index (χ0n) is 19.0. The van der Waals surface area contributed by atoms with Crippen molar-refractivity contribution in [3.63, 3.8) is 0 Å². The Balaban J connectivity index is 1.88. The Morgan fingerprint density at radius 2 is 1.88 bits per heavy atom. The third kappa shape index (κ3) is 4.76. The monoisotopic (exact) mass is 483 g/mol. The van der Waals surface area contributed by atoms with E-state index >= 15 is 0 Å². The first-order chi connectivity index (χ1) is 15.0. The van der Waals surface area contributed by atoms with Gasteiger partial charge in [0.05, 0.1) is 18.0 Å². The number of aryl methyl sites for hydroxylation is 1. The second-order valence-electron chi connectivity index (χ2n) is 8.43. The van der Waals surface area contributed by atoms with E-state index in [4.69, 9.17) is 9.05 Å². The maximum Gasteiger partial charge on any atom is 0.256 e. The minimum Gasteiger partial charge on any atom is -0.504 e. The molecular weight excluding hydrogens is 454 g/mol. The number of nitrogens with zero attached hydrogens (tertiary/aromatic N) is 3. The molecule has 32 heavy (non-hydrogen) atoms. The second-order valence-corrected chi connectivity index (χ2v) is 11.4. The lowest BCUT2D eigenvalue weighted by Gasteiger charge is -2.29. The Morgan fingerprint density at radius 3 is 2.44 bits per heavy atom. The summed E-state index contributed by atoms with van der Waals surface area (Å²) in [5.74, 6) is 0.875. The fourth-order valence-electron chi connectivity index (χ4n) is 3.24. The van der Waals surface area contributed by atoms with Gasteiger partial charge < -0.3 is 20.2 Å². The number of hydrogen-bond acceptors (Lipinski definition) is 10. The number of thiophene rings is 1. The SMILES string of the molecule is CCN(CC)S(=O)(=O)c1scc(Nc2nonc2N[C@@H](c2cc(C)co2)C(C)(C)C)c1O. The van der Waals surface area contributed by atoms with E-state index in [1.165, 1.54) is 9.69 Å². The average molecular weight is 484 g/mol. The highest BCUT2D eigenvalue weighted by Crippen LogP contribution is 2.42. The van der Waals surface area contributed by atoms with Crippen LogP contribution in [0.15, 0.2) is 31.0 Å². The fourth-order valence-corrected chi connectivity index (χ4v) is 6.07. The van der Waals surface area contributed by atoms with E-state index in [9.17, 15) is 13.5 Å². The van der Waals surface area contributed by atoms with Crippen LogP contribution in [-0.4, -0.2) is 41.2 Å². The van der Waals surface area contributed by atoms with Crippen molar-refractivity contribution in [2.24, 2.45) is 5.41 Å². The number of rotatable bonds is 9. The molecule has 0 amide bonds. The van der Waals surface area contributed by atoms with Crippen LogP contribution in [0.25, 0.3) is 0 Å². The van der Waals surface area contributed by atoms with Crippen molar-refractivity contribution in [3.8, 4) is 5.75 Å². The molecule has 0 saturated carbocycles. The highest BCUT2D eigenvalue weighted by Gasteiger charge is 2.32. The van der Waals surface area contributed by atoms with Crippen molar-refractivity contribution in [2.75, 3.05) is 23.7 Å². The van der Waals surface area contributed by atoms with Crippen molar-refractivity contribution in [3.05, 3.63) is 29.0 Å². The van der Waals surface area contributed by atoms with E-state index in [0.717, 1.165) is 22.7 Å². The number of furan rings is 1. The van der Waals surface area contributed by atoms with Gasteiger partial charge >= 0.3 is 0 Å². The van der Waals surface area contributed by atoms with Crippen LogP contribution < -0.4 is 10.6 Å². The summed E-state index contributed by atoms with van der Waals surface area (Å²) in [6, 6.07) is 1.69. The fraction of sp³-hybridized carbons (Fsp3) is 0.500. The highest BCUT2D eigenvalue weighted by molar-refractivity contribution is 7.91. The molecule has 12 heteroatoms. The van der Waals surface area contributed by atoms with E-state index in [2.05, 4.69) is 41.7 Å². The standard InChI is InChI=1S/C20H29N5O5S2/c1-7-25(8-2)32(27,28)19-15(26)13(11-31-19)21-17-18(24-30-23-17)22-16(20(4,5)6)14-9-12(3)10-29-14/h9-11,16,26H,7-8H2,1-6H3,(H,21,23)(H,22,24)/t16-/m0/s1. The van der Waals surface area contributed by atoms with Gasteiger partial charge in [-0.2, -0.15) is 4.31 Å². The second kappa shape index (κ2) is 9.12. The van der Waals surface area contributed by atoms with E-state index in [0.29, 0.717) is 18.9 Å². The Labute approximate surface area is 191 Å². The number of anilines is 3. The molecule has 0 fully saturated rings. The molecule has 0 bridgehead atoms. The van der Waals surface area contributed by atoms with Crippen molar-refractivity contribution in [1.82, 2.24) is 14.6 Å². The van der Waals surface area contributed by atoms with Gasteiger partial charge in [-0.15, -0.1) is 11.3 Å². The van der Waals surface area contributed by atoms with Crippen molar-refractivity contribution >= 4 is 38.7 Å². The normalized spacial score (nSPS) is 13.5. The molecule has 0 spiro atoms. The summed E-state index contributed by atoms with van der Waals surface area (Å²) in [6.45, 7) is 12.2. The molecule has 3 rings (SSSR count). The molecule has 0 aromatic carbocycles. The van der Waals surface area contributed by atoms with Crippen molar-refractivity contribution in [2.45, 2.75) is 51.8 Å². The van der Waals surface area contributed by atoms with Crippen LogP contribution in [0.3, 0.4) is 0 Å². The van der Waals surface area contributed by atoms with Crippen LogP contribution in [0.4, 0.5) is 17.3 Å². The van der Waals surface area contributed by atoms with Gasteiger partial charge in [0, 0.05) is 18.5 Å². The lowest BCUT2D eigenvalue weighted by Crippen LogP contribution is -2.30. The Kier molecular flexibility index (Phi) is 6.86. The van der Waals surface area contributed by atoms with Gasteiger partial charge in [-0.25, -0.2) is 13.0 Å². The first-order valence-electron chi connectivity index (χ1n) is 10.2. The minimum absolute atomic E-state index is 0.131. The number of aromatic nitrogens is 2. The molecule has 176 valence electrons. The summed E-state index contributed by atoms with van der Waals surface area (Å²) in [5, 5.41) is 26.1. The molecular formula is C20H29N5O5S2. The van der Waals surface area contributed by atoms with Gasteiger partial charge in [-0.05, 0) is 34.3 Å². The maximum atomic E-state index is 12.8. The molecule has 3 aromatic heterocycles. The van der Waals surface area contributed by atoms with Crippen LogP contribution in [-0.2, 0) is 10.0 Å². The number of nitrogens with one attached hydrogen (secondary N) is 2. The van der Waals surface area contributed by atoms with Crippen molar-refractivity contribution in [1.29, 1.82) is 0 Å². The van der Waals surface area contributed by atoms with Crippen LogP contribution in [0, 0.1) is 12.3 Å². The van der Waals surface area contributed by atoms with Crippen molar-refractivity contribution < 1.29 is 22.6 Å². The van der Waals surface area contributed by atoms with E-state index in [1.54, 1.807) is 20.1 Å². The quantitative estimate of drug-likeness (QED) is 0.395. The predicted octanol–water partition coefficient (Wildman–Crippen LogP) is 4.71. The highest BCUT2D eigenvalue weighted by atomic mass is 32.2. The average Bonchev–Trinajstić information content (AvgIpc) is 3.41. The number of hydrogen-bond donors (Lipinski definition) is 3. The van der Waals surface area contributed by atoms with Gasteiger partial charge in [-0.1, -0.05) is 34.6 Å². The summed E-state index contributed by atoms with van der Waals surface area (Å²) >= 11 is 0.931. The number of aromatic hydroxyl groups is 1. The first-order valence-corrected chi connectivity index (χ1v) is 12.5. The van der Waals surface area contributed by atoms with Crippen LogP contribution in [0.1, 0.15) is 52.0 Å². The lowest BCUT2D eigenvalue weighted by atomic mass is 9.85. The van der Waals surface area contributed by atoms with Gasteiger partial charge in [0.1, 0.15) is 5.76 Å². The molecule has 3 N–H and O–H groups in total. The third-order valence-corrected chi connectivity index (χ3v) is 8.48. The molecule has 10 nitrogen and oxygen atoms in total. The van der Waals surface area contributed by atoms with E-state index in [1.807, 2.05) is 13.0 Å². The molecule has 3 aromatic rings. The summed E-state index contributed by atoms with van der Waals surface area (Å²) in [6.07, 6.45) is 1.68. The maximum absolute atomic E-state index is 12.8. The lowest BCUT2D eigenvalue weighted by molar-refractivity contribution is 0.294. The molecule has 0 aliphatic rings. The van der Waals surface area contributed by atoms with E-state index < -0.39 is 10.0 Å². The van der Waals surface area contributed by atoms with Crippen LogP contribution in [0.2, 0.25) is 0 Å².